The fourth-order valence-electron chi connectivity index (χ4n) is 1.05. The lowest BCUT2D eigenvalue weighted by molar-refractivity contribution is -0.139. The summed E-state index contributed by atoms with van der Waals surface area (Å²) in [7, 11) is 1.25. The van der Waals surface area contributed by atoms with Gasteiger partial charge in [0.1, 0.15) is 3.70 Å². The Morgan fingerprint density at radius 1 is 1.56 bits per heavy atom. The Kier molecular flexibility index (Phi) is 5.28. The second-order valence-electron chi connectivity index (χ2n) is 2.85. The van der Waals surface area contributed by atoms with Crippen molar-refractivity contribution in [1.29, 1.82) is 0 Å². The Morgan fingerprint density at radius 2 is 2.19 bits per heavy atom. The van der Waals surface area contributed by atoms with E-state index in [1.165, 1.54) is 13.2 Å². The number of ether oxygens (including phenoxy) is 1. The van der Waals surface area contributed by atoms with Gasteiger partial charge in [0.05, 0.1) is 19.2 Å². The molecular formula is C9H7F2I2NO2. The first kappa shape index (κ1) is 14.0. The fourth-order valence-corrected chi connectivity index (χ4v) is 2.38. The van der Waals surface area contributed by atoms with Crippen molar-refractivity contribution in [2.45, 2.75) is 12.8 Å². The van der Waals surface area contributed by atoms with Crippen molar-refractivity contribution >= 4 is 51.2 Å². The molecule has 0 spiro atoms. The molecule has 1 heterocycles. The van der Waals surface area contributed by atoms with Gasteiger partial charge >= 0.3 is 5.97 Å². The summed E-state index contributed by atoms with van der Waals surface area (Å²) in [5, 5.41) is 0. The van der Waals surface area contributed by atoms with Crippen LogP contribution in [0.1, 0.15) is 17.7 Å². The standard InChI is InChI=1S/C9H7F2I2NO2/c1-16-7(15)3-5-8(13)4(9(10)11)2-6(12)14-5/h2,9H,3H2,1H3. The summed E-state index contributed by atoms with van der Waals surface area (Å²) < 4.78 is 30.5. The predicted molar refractivity (Wildman–Crippen MR) is 70.3 cm³/mol. The van der Waals surface area contributed by atoms with Crippen molar-refractivity contribution in [3.8, 4) is 0 Å². The molecule has 0 N–H and O–H groups in total. The van der Waals surface area contributed by atoms with Gasteiger partial charge in [0.15, 0.2) is 0 Å². The van der Waals surface area contributed by atoms with Gasteiger partial charge < -0.3 is 4.74 Å². The van der Waals surface area contributed by atoms with E-state index in [9.17, 15) is 13.6 Å². The molecule has 0 bridgehead atoms. The molecule has 16 heavy (non-hydrogen) atoms. The van der Waals surface area contributed by atoms with Crippen molar-refractivity contribution in [3.63, 3.8) is 0 Å². The third-order valence-corrected chi connectivity index (χ3v) is 3.60. The fraction of sp³-hybridized carbons (Fsp3) is 0.333. The van der Waals surface area contributed by atoms with Gasteiger partial charge in [-0.1, -0.05) is 0 Å². The first-order valence-corrected chi connectivity index (χ1v) is 6.31. The molecule has 1 rings (SSSR count). The van der Waals surface area contributed by atoms with Crippen LogP contribution >= 0.6 is 45.2 Å². The lowest BCUT2D eigenvalue weighted by Gasteiger charge is -2.08. The number of nitrogens with zero attached hydrogens (tertiary/aromatic N) is 1. The lowest BCUT2D eigenvalue weighted by Crippen LogP contribution is -2.10. The topological polar surface area (TPSA) is 39.2 Å². The van der Waals surface area contributed by atoms with Crippen LogP contribution in [0.4, 0.5) is 8.78 Å². The summed E-state index contributed by atoms with van der Waals surface area (Å²) >= 11 is 3.61. The van der Waals surface area contributed by atoms with E-state index in [0.717, 1.165) is 0 Å². The molecule has 0 aliphatic carbocycles. The van der Waals surface area contributed by atoms with Crippen LogP contribution in [-0.2, 0) is 16.0 Å². The number of pyridine rings is 1. The maximum Gasteiger partial charge on any atom is 0.311 e. The van der Waals surface area contributed by atoms with Gasteiger partial charge in [0.25, 0.3) is 6.43 Å². The van der Waals surface area contributed by atoms with E-state index in [2.05, 4.69) is 9.72 Å². The largest absolute Gasteiger partial charge is 0.469 e. The normalized spacial score (nSPS) is 10.6. The number of alkyl halides is 2. The monoisotopic (exact) mass is 453 g/mol. The molecule has 7 heteroatoms. The molecule has 1 aromatic heterocycles. The van der Waals surface area contributed by atoms with Crippen LogP contribution in [0.5, 0.6) is 0 Å². The maximum atomic E-state index is 12.7. The molecule has 3 nitrogen and oxygen atoms in total. The average Bonchev–Trinajstić information content (AvgIpc) is 2.22. The van der Waals surface area contributed by atoms with Gasteiger partial charge in [-0.3, -0.25) is 4.79 Å². The van der Waals surface area contributed by atoms with E-state index >= 15 is 0 Å². The zero-order valence-corrected chi connectivity index (χ0v) is 12.5. The van der Waals surface area contributed by atoms with Gasteiger partial charge in [0, 0.05) is 9.13 Å². The Balaban J connectivity index is 3.14. The molecular weight excluding hydrogens is 446 g/mol. The smallest absolute Gasteiger partial charge is 0.311 e. The van der Waals surface area contributed by atoms with E-state index in [0.29, 0.717) is 13.0 Å². The SMILES string of the molecule is COC(=O)Cc1nc(I)cc(C(F)F)c1I. The highest BCUT2D eigenvalue weighted by Crippen LogP contribution is 2.27. The summed E-state index contributed by atoms with van der Waals surface area (Å²) in [5.41, 5.74) is 0.230. The molecule has 0 amide bonds. The van der Waals surface area contributed by atoms with Crippen LogP contribution in [0.25, 0.3) is 0 Å². The zero-order chi connectivity index (χ0) is 12.3. The summed E-state index contributed by atoms with van der Waals surface area (Å²) in [4.78, 5) is 15.1. The van der Waals surface area contributed by atoms with Crippen LogP contribution in [0.15, 0.2) is 6.07 Å². The van der Waals surface area contributed by atoms with E-state index in [-0.39, 0.29) is 12.0 Å². The van der Waals surface area contributed by atoms with Crippen molar-refractivity contribution < 1.29 is 18.3 Å². The Hall–Kier alpha value is -0.0600. The first-order valence-electron chi connectivity index (χ1n) is 4.15. The first-order chi connectivity index (χ1) is 7.45. The number of hydrogen-bond donors (Lipinski definition) is 0. The molecule has 0 saturated heterocycles. The number of methoxy groups -OCH3 is 1. The van der Waals surface area contributed by atoms with E-state index in [1.54, 1.807) is 22.6 Å². The molecule has 1 aromatic rings. The van der Waals surface area contributed by atoms with Gasteiger partial charge in [0.2, 0.25) is 0 Å². The van der Waals surface area contributed by atoms with Crippen molar-refractivity contribution in [2.24, 2.45) is 0 Å². The summed E-state index contributed by atoms with van der Waals surface area (Å²) in [6.45, 7) is 0. The van der Waals surface area contributed by atoms with E-state index < -0.39 is 12.4 Å². The summed E-state index contributed by atoms with van der Waals surface area (Å²) in [5.74, 6) is -0.493. The number of rotatable bonds is 3. The molecule has 0 atom stereocenters. The average molecular weight is 453 g/mol. The Bertz CT molecular complexity index is 413. The third-order valence-electron chi connectivity index (χ3n) is 1.80. The number of carbonyl (C=O) groups is 1. The lowest BCUT2D eigenvalue weighted by atomic mass is 10.2. The second kappa shape index (κ2) is 6.03. The van der Waals surface area contributed by atoms with Crippen molar-refractivity contribution in [2.75, 3.05) is 7.11 Å². The highest BCUT2D eigenvalue weighted by Gasteiger charge is 2.18. The number of aromatic nitrogens is 1. The number of carbonyl (C=O) groups excluding carboxylic acids is 1. The van der Waals surface area contributed by atoms with Crippen LogP contribution in [0, 0.1) is 7.27 Å². The summed E-state index contributed by atoms with van der Waals surface area (Å²) in [6.07, 6.45) is -2.66. The van der Waals surface area contributed by atoms with Crippen LogP contribution in [0.2, 0.25) is 0 Å². The highest BCUT2D eigenvalue weighted by molar-refractivity contribution is 14.1. The maximum absolute atomic E-state index is 12.7. The predicted octanol–water partition coefficient (Wildman–Crippen LogP) is 2.94. The quantitative estimate of drug-likeness (QED) is 0.402. The van der Waals surface area contributed by atoms with Crippen LogP contribution < -0.4 is 0 Å². The van der Waals surface area contributed by atoms with Crippen molar-refractivity contribution in [1.82, 2.24) is 4.98 Å². The molecule has 0 aliphatic heterocycles. The second-order valence-corrected chi connectivity index (χ2v) is 5.03. The van der Waals surface area contributed by atoms with Gasteiger partial charge in [-0.05, 0) is 51.2 Å². The zero-order valence-electron chi connectivity index (χ0n) is 8.14. The molecule has 0 saturated carbocycles. The minimum atomic E-state index is -2.57. The number of halogens is 4. The van der Waals surface area contributed by atoms with Gasteiger partial charge in [-0.25, -0.2) is 13.8 Å². The van der Waals surface area contributed by atoms with Gasteiger partial charge in [-0.2, -0.15) is 0 Å². The van der Waals surface area contributed by atoms with Crippen molar-refractivity contribution in [3.05, 3.63) is 24.6 Å². The van der Waals surface area contributed by atoms with Gasteiger partial charge in [-0.15, -0.1) is 0 Å². The van der Waals surface area contributed by atoms with E-state index in [4.69, 9.17) is 0 Å². The third kappa shape index (κ3) is 3.47. The number of esters is 1. The molecule has 0 aliphatic rings. The molecule has 0 unspecified atom stereocenters. The Labute approximate surface area is 118 Å². The van der Waals surface area contributed by atoms with Crippen LogP contribution in [-0.4, -0.2) is 18.1 Å². The minimum absolute atomic E-state index is 0.0919. The van der Waals surface area contributed by atoms with Crippen LogP contribution in [0.3, 0.4) is 0 Å². The summed E-state index contributed by atoms with van der Waals surface area (Å²) in [6, 6.07) is 1.31. The highest BCUT2D eigenvalue weighted by atomic mass is 127. The molecule has 0 radical (unpaired) electrons. The molecule has 0 aromatic carbocycles. The Morgan fingerprint density at radius 3 is 2.69 bits per heavy atom. The number of hydrogen-bond acceptors (Lipinski definition) is 3. The molecule has 88 valence electrons. The van der Waals surface area contributed by atoms with E-state index in [1.807, 2.05) is 22.6 Å². The molecule has 0 fully saturated rings. The minimum Gasteiger partial charge on any atom is -0.469 e.